The van der Waals surface area contributed by atoms with Gasteiger partial charge >= 0.3 is 0 Å². The minimum atomic E-state index is -0.509. The van der Waals surface area contributed by atoms with Crippen LogP contribution in [0.15, 0.2) is 18.2 Å². The Morgan fingerprint density at radius 2 is 2.00 bits per heavy atom. The molecule has 0 saturated carbocycles. The Balaban J connectivity index is 2.19. The van der Waals surface area contributed by atoms with Crippen LogP contribution in [0.5, 0.6) is 0 Å². The van der Waals surface area contributed by atoms with E-state index in [1.54, 1.807) is 11.0 Å². The third-order valence-electron chi connectivity index (χ3n) is 3.79. The van der Waals surface area contributed by atoms with Gasteiger partial charge in [0.15, 0.2) is 0 Å². The zero-order valence-electron chi connectivity index (χ0n) is 11.4. The van der Waals surface area contributed by atoms with Gasteiger partial charge in [0.05, 0.1) is 11.3 Å². The van der Waals surface area contributed by atoms with Crippen molar-refractivity contribution in [3.05, 3.63) is 29.6 Å². The number of halogens is 1. The maximum Gasteiger partial charge on any atom is 0.256 e. The van der Waals surface area contributed by atoms with Gasteiger partial charge in [-0.05, 0) is 30.4 Å². The summed E-state index contributed by atoms with van der Waals surface area (Å²) in [7, 11) is 0. The Morgan fingerprint density at radius 3 is 2.58 bits per heavy atom. The molecule has 1 heterocycles. The molecule has 2 rings (SSSR count). The molecule has 1 aromatic rings. The number of hydrogen-bond donors (Lipinski definition) is 2. The molecule has 1 aliphatic heterocycles. The number of para-hydroxylation sites is 1. The van der Waals surface area contributed by atoms with Crippen LogP contribution in [0, 0.1) is 11.2 Å². The van der Waals surface area contributed by atoms with Crippen LogP contribution in [0.25, 0.3) is 0 Å². The van der Waals surface area contributed by atoms with Gasteiger partial charge in [0.2, 0.25) is 0 Å². The van der Waals surface area contributed by atoms with E-state index >= 15 is 0 Å². The Bertz CT molecular complexity index is 478. The molecule has 1 amide bonds. The summed E-state index contributed by atoms with van der Waals surface area (Å²) >= 11 is 0. The number of anilines is 1. The Labute approximate surface area is 112 Å². The summed E-state index contributed by atoms with van der Waals surface area (Å²) < 4.78 is 13.6. The quantitative estimate of drug-likeness (QED) is 0.637. The number of nitrogens with two attached hydrogens (primary N) is 1. The van der Waals surface area contributed by atoms with E-state index in [2.05, 4.69) is 19.3 Å². The first kappa shape index (κ1) is 13.8. The zero-order valence-corrected chi connectivity index (χ0v) is 11.4. The summed E-state index contributed by atoms with van der Waals surface area (Å²) in [4.78, 5) is 14.2. The second kappa shape index (κ2) is 5.17. The van der Waals surface area contributed by atoms with Crippen molar-refractivity contribution in [2.45, 2.75) is 26.7 Å². The van der Waals surface area contributed by atoms with Crippen molar-refractivity contribution in [1.82, 2.24) is 4.90 Å². The number of hydrogen-bond acceptors (Lipinski definition) is 3. The molecule has 1 saturated heterocycles. The lowest BCUT2D eigenvalue weighted by atomic mass is 9.82. The third-order valence-corrected chi connectivity index (χ3v) is 3.79. The number of hydrazine groups is 1. The molecular weight excluding hydrogens is 245 g/mol. The number of carbonyl (C=O) groups is 1. The predicted molar refractivity (Wildman–Crippen MR) is 73.1 cm³/mol. The summed E-state index contributed by atoms with van der Waals surface area (Å²) in [5, 5.41) is 0. The average molecular weight is 265 g/mol. The summed E-state index contributed by atoms with van der Waals surface area (Å²) in [6, 6.07) is 4.41. The number of benzene rings is 1. The van der Waals surface area contributed by atoms with Crippen molar-refractivity contribution in [2.24, 2.45) is 11.3 Å². The second-order valence-corrected chi connectivity index (χ2v) is 5.76. The maximum atomic E-state index is 13.6. The van der Waals surface area contributed by atoms with E-state index in [0.717, 1.165) is 12.8 Å². The molecule has 19 heavy (non-hydrogen) atoms. The molecule has 0 spiro atoms. The highest BCUT2D eigenvalue weighted by atomic mass is 19.1. The van der Waals surface area contributed by atoms with Gasteiger partial charge in [0.1, 0.15) is 5.82 Å². The number of amides is 1. The Morgan fingerprint density at radius 1 is 1.37 bits per heavy atom. The van der Waals surface area contributed by atoms with Gasteiger partial charge in [-0.3, -0.25) is 10.6 Å². The Kier molecular flexibility index (Phi) is 3.75. The van der Waals surface area contributed by atoms with E-state index in [4.69, 9.17) is 5.84 Å². The topological polar surface area (TPSA) is 58.4 Å². The third kappa shape index (κ3) is 2.87. The highest BCUT2D eigenvalue weighted by Gasteiger charge is 2.29. The number of piperidine rings is 1. The number of carbonyl (C=O) groups excluding carboxylic acids is 1. The minimum absolute atomic E-state index is 0.0670. The van der Waals surface area contributed by atoms with E-state index in [9.17, 15) is 9.18 Å². The summed E-state index contributed by atoms with van der Waals surface area (Å²) in [6.45, 7) is 5.80. The smallest absolute Gasteiger partial charge is 0.256 e. The number of nitrogens with one attached hydrogen (secondary N) is 1. The fourth-order valence-electron chi connectivity index (χ4n) is 2.33. The highest BCUT2D eigenvalue weighted by molar-refractivity contribution is 5.99. The van der Waals surface area contributed by atoms with Crippen LogP contribution >= 0.6 is 0 Å². The maximum absolute atomic E-state index is 13.6. The number of nitrogen functional groups attached to an aromatic ring is 1. The number of rotatable bonds is 2. The summed E-state index contributed by atoms with van der Waals surface area (Å²) in [6.07, 6.45) is 1.92. The fourth-order valence-corrected chi connectivity index (χ4v) is 2.33. The number of nitrogens with zero attached hydrogens (tertiary/aromatic N) is 1. The SMILES string of the molecule is CC1(C)CCN(C(=O)c2cccc(F)c2NN)CC1. The van der Waals surface area contributed by atoms with Gasteiger partial charge in [-0.2, -0.15) is 0 Å². The molecule has 0 atom stereocenters. The zero-order chi connectivity index (χ0) is 14.0. The molecule has 0 radical (unpaired) electrons. The van der Waals surface area contributed by atoms with Crippen molar-refractivity contribution in [3.63, 3.8) is 0 Å². The van der Waals surface area contributed by atoms with Crippen molar-refractivity contribution >= 4 is 11.6 Å². The van der Waals surface area contributed by atoms with Crippen molar-refractivity contribution in [3.8, 4) is 0 Å². The normalized spacial score (nSPS) is 18.2. The van der Waals surface area contributed by atoms with Crippen LogP contribution in [-0.4, -0.2) is 23.9 Å². The molecule has 3 N–H and O–H groups in total. The predicted octanol–water partition coefficient (Wildman–Crippen LogP) is 2.37. The summed E-state index contributed by atoms with van der Waals surface area (Å²) in [5.74, 6) is 4.63. The van der Waals surface area contributed by atoms with Gasteiger partial charge in [-0.1, -0.05) is 19.9 Å². The first-order valence-corrected chi connectivity index (χ1v) is 6.49. The molecule has 104 valence electrons. The lowest BCUT2D eigenvalue weighted by molar-refractivity contribution is 0.0631. The standard InChI is InChI=1S/C14H20FN3O/c1-14(2)6-8-18(9-7-14)13(19)10-4-3-5-11(15)12(10)17-16/h3-5,17H,6-9,16H2,1-2H3. The molecule has 0 aromatic heterocycles. The molecule has 1 aliphatic rings. The molecule has 0 unspecified atom stereocenters. The van der Waals surface area contributed by atoms with Gasteiger partial charge in [-0.15, -0.1) is 0 Å². The van der Waals surface area contributed by atoms with Crippen LogP contribution in [0.4, 0.5) is 10.1 Å². The molecule has 4 nitrogen and oxygen atoms in total. The average Bonchev–Trinajstić information content (AvgIpc) is 2.37. The molecular formula is C14H20FN3O. The van der Waals surface area contributed by atoms with E-state index < -0.39 is 5.82 Å². The van der Waals surface area contributed by atoms with E-state index in [0.29, 0.717) is 18.7 Å². The summed E-state index contributed by atoms with van der Waals surface area (Å²) in [5.41, 5.74) is 2.91. The van der Waals surface area contributed by atoms with Crippen molar-refractivity contribution in [1.29, 1.82) is 0 Å². The van der Waals surface area contributed by atoms with Crippen LogP contribution in [0.3, 0.4) is 0 Å². The molecule has 0 bridgehead atoms. The minimum Gasteiger partial charge on any atom is -0.339 e. The lowest BCUT2D eigenvalue weighted by Gasteiger charge is -2.37. The van der Waals surface area contributed by atoms with Crippen molar-refractivity contribution in [2.75, 3.05) is 18.5 Å². The van der Waals surface area contributed by atoms with Crippen LogP contribution in [0.2, 0.25) is 0 Å². The van der Waals surface area contributed by atoms with Crippen molar-refractivity contribution < 1.29 is 9.18 Å². The fraction of sp³-hybridized carbons (Fsp3) is 0.500. The monoisotopic (exact) mass is 265 g/mol. The van der Waals surface area contributed by atoms with Crippen LogP contribution in [-0.2, 0) is 0 Å². The first-order valence-electron chi connectivity index (χ1n) is 6.49. The second-order valence-electron chi connectivity index (χ2n) is 5.76. The van der Waals surface area contributed by atoms with Gasteiger partial charge in [0.25, 0.3) is 5.91 Å². The number of likely N-dealkylation sites (tertiary alicyclic amines) is 1. The van der Waals surface area contributed by atoms with Gasteiger partial charge in [-0.25, -0.2) is 4.39 Å². The van der Waals surface area contributed by atoms with E-state index in [-0.39, 0.29) is 17.0 Å². The lowest BCUT2D eigenvalue weighted by Crippen LogP contribution is -2.41. The van der Waals surface area contributed by atoms with Crippen LogP contribution in [0.1, 0.15) is 37.0 Å². The highest BCUT2D eigenvalue weighted by Crippen LogP contribution is 2.31. The molecule has 0 aliphatic carbocycles. The Hall–Kier alpha value is -1.62. The van der Waals surface area contributed by atoms with Crippen LogP contribution < -0.4 is 11.3 Å². The van der Waals surface area contributed by atoms with E-state index in [1.165, 1.54) is 12.1 Å². The van der Waals surface area contributed by atoms with Gasteiger partial charge < -0.3 is 10.3 Å². The van der Waals surface area contributed by atoms with Gasteiger partial charge in [0, 0.05) is 13.1 Å². The molecule has 1 fully saturated rings. The molecule has 1 aromatic carbocycles. The largest absolute Gasteiger partial charge is 0.339 e. The van der Waals surface area contributed by atoms with E-state index in [1.807, 2.05) is 0 Å². The molecule has 5 heteroatoms. The first-order chi connectivity index (χ1) is 8.94.